The van der Waals surface area contributed by atoms with Gasteiger partial charge in [-0.2, -0.15) is 0 Å². The molecule has 1 amide bonds. The van der Waals surface area contributed by atoms with Gasteiger partial charge in [-0.15, -0.1) is 0 Å². The van der Waals surface area contributed by atoms with Gasteiger partial charge in [0.15, 0.2) is 5.78 Å². The summed E-state index contributed by atoms with van der Waals surface area (Å²) in [6.45, 7) is 1.79. The number of nitrogens with one attached hydrogen (secondary N) is 1. The minimum atomic E-state index is -0.0694. The molecule has 0 bridgehead atoms. The van der Waals surface area contributed by atoms with Crippen molar-refractivity contribution in [1.82, 2.24) is 0 Å². The van der Waals surface area contributed by atoms with Gasteiger partial charge in [0.05, 0.1) is 0 Å². The Morgan fingerprint density at radius 3 is 2.17 bits per heavy atom. The number of amides is 1. The fourth-order valence-corrected chi connectivity index (χ4v) is 2.12. The summed E-state index contributed by atoms with van der Waals surface area (Å²) in [5.74, 6) is -0.116. The van der Waals surface area contributed by atoms with E-state index in [0.29, 0.717) is 17.7 Å². The van der Waals surface area contributed by atoms with E-state index in [9.17, 15) is 9.59 Å². The highest BCUT2D eigenvalue weighted by atomic mass is 16.1. The largest absolute Gasteiger partial charge is 0.378 e. The minimum Gasteiger partial charge on any atom is -0.378 e. The van der Waals surface area contributed by atoms with E-state index in [-0.39, 0.29) is 11.7 Å². The smallest absolute Gasteiger partial charge is 0.224 e. The predicted octanol–water partition coefficient (Wildman–Crippen LogP) is 4.00. The third-order valence-electron chi connectivity index (χ3n) is 3.61. The van der Waals surface area contributed by atoms with Crippen molar-refractivity contribution in [1.29, 1.82) is 0 Å². The van der Waals surface area contributed by atoms with Crippen LogP contribution >= 0.6 is 0 Å². The van der Waals surface area contributed by atoms with Gasteiger partial charge < -0.3 is 10.2 Å². The van der Waals surface area contributed by atoms with Gasteiger partial charge in [0, 0.05) is 37.5 Å². The highest BCUT2D eigenvalue weighted by Gasteiger charge is 2.03. The predicted molar refractivity (Wildman–Crippen MR) is 99.5 cm³/mol. The number of carbonyl (C=O) groups excluding carboxylic acids is 2. The van der Waals surface area contributed by atoms with Gasteiger partial charge in [-0.1, -0.05) is 25.1 Å². The molecule has 2 aromatic rings. The average Bonchev–Trinajstić information content (AvgIpc) is 2.60. The molecule has 0 heterocycles. The fourth-order valence-electron chi connectivity index (χ4n) is 2.12. The lowest BCUT2D eigenvalue weighted by molar-refractivity contribution is -0.115. The third-order valence-corrected chi connectivity index (χ3v) is 3.61. The Bertz CT molecular complexity index is 729. The first-order chi connectivity index (χ1) is 11.5. The molecule has 124 valence electrons. The lowest BCUT2D eigenvalue weighted by Gasteiger charge is -2.11. The molecule has 0 saturated carbocycles. The molecule has 0 atom stereocenters. The van der Waals surface area contributed by atoms with Crippen molar-refractivity contribution < 1.29 is 9.59 Å². The van der Waals surface area contributed by atoms with Crippen LogP contribution in [-0.2, 0) is 4.79 Å². The molecular weight excluding hydrogens is 300 g/mol. The Kier molecular flexibility index (Phi) is 5.90. The number of hydrogen-bond donors (Lipinski definition) is 1. The molecule has 0 spiro atoms. The molecular formula is C20H22N2O2. The van der Waals surface area contributed by atoms with E-state index in [4.69, 9.17) is 0 Å². The second kappa shape index (κ2) is 8.11. The number of hydrogen-bond acceptors (Lipinski definition) is 3. The zero-order valence-corrected chi connectivity index (χ0v) is 14.2. The number of benzene rings is 2. The summed E-state index contributed by atoms with van der Waals surface area (Å²) in [5.41, 5.74) is 3.37. The molecule has 0 aliphatic heterocycles. The second-order valence-corrected chi connectivity index (χ2v) is 5.66. The molecule has 0 aromatic heterocycles. The topological polar surface area (TPSA) is 49.4 Å². The lowest BCUT2D eigenvalue weighted by atomic mass is 10.1. The van der Waals surface area contributed by atoms with Gasteiger partial charge in [0.2, 0.25) is 5.91 Å². The van der Waals surface area contributed by atoms with Crippen molar-refractivity contribution in [3.63, 3.8) is 0 Å². The van der Waals surface area contributed by atoms with Crippen molar-refractivity contribution in [2.75, 3.05) is 24.3 Å². The third kappa shape index (κ3) is 4.81. The highest BCUT2D eigenvalue weighted by molar-refractivity contribution is 6.07. The van der Waals surface area contributed by atoms with Gasteiger partial charge in [-0.3, -0.25) is 9.59 Å². The maximum atomic E-state index is 12.2. The summed E-state index contributed by atoms with van der Waals surface area (Å²) in [4.78, 5) is 25.6. The van der Waals surface area contributed by atoms with Crippen molar-refractivity contribution in [3.8, 4) is 0 Å². The first-order valence-electron chi connectivity index (χ1n) is 7.89. The molecule has 1 N–H and O–H groups in total. The van der Waals surface area contributed by atoms with Crippen LogP contribution < -0.4 is 10.2 Å². The summed E-state index contributed by atoms with van der Waals surface area (Å²) in [6.07, 6.45) is 3.79. The normalized spacial score (nSPS) is 10.6. The SMILES string of the molecule is CCC(=O)Nc1ccc(C(=O)/C=C/c2ccc(N(C)C)cc2)cc1. The Balaban J connectivity index is 2.02. The molecule has 4 heteroatoms. The number of carbonyl (C=O) groups is 2. The summed E-state index contributed by atoms with van der Waals surface area (Å²) >= 11 is 0. The van der Waals surface area contributed by atoms with Gasteiger partial charge >= 0.3 is 0 Å². The molecule has 2 aromatic carbocycles. The van der Waals surface area contributed by atoms with Crippen molar-refractivity contribution >= 4 is 29.1 Å². The van der Waals surface area contributed by atoms with Crippen LogP contribution in [0.2, 0.25) is 0 Å². The van der Waals surface area contributed by atoms with E-state index >= 15 is 0 Å². The first kappa shape index (κ1) is 17.5. The van der Waals surface area contributed by atoms with Crippen LogP contribution in [0, 0.1) is 0 Å². The van der Waals surface area contributed by atoms with Crippen LogP contribution in [0.4, 0.5) is 11.4 Å². The average molecular weight is 322 g/mol. The molecule has 4 nitrogen and oxygen atoms in total. The van der Waals surface area contributed by atoms with Crippen LogP contribution in [0.15, 0.2) is 54.6 Å². The maximum Gasteiger partial charge on any atom is 0.224 e. The summed E-state index contributed by atoms with van der Waals surface area (Å²) in [6, 6.07) is 14.9. The van der Waals surface area contributed by atoms with E-state index in [1.54, 1.807) is 43.3 Å². The Morgan fingerprint density at radius 1 is 1.00 bits per heavy atom. The van der Waals surface area contributed by atoms with Crippen molar-refractivity contribution in [2.24, 2.45) is 0 Å². The Hall–Kier alpha value is -2.88. The molecule has 2 rings (SSSR count). The molecule has 0 aliphatic rings. The van der Waals surface area contributed by atoms with Gasteiger partial charge in [0.1, 0.15) is 0 Å². The van der Waals surface area contributed by atoms with Crippen LogP contribution in [0.3, 0.4) is 0 Å². The monoisotopic (exact) mass is 322 g/mol. The van der Waals surface area contributed by atoms with E-state index in [1.807, 2.05) is 43.3 Å². The van der Waals surface area contributed by atoms with E-state index < -0.39 is 0 Å². The minimum absolute atomic E-state index is 0.0462. The fraction of sp³-hybridized carbons (Fsp3) is 0.200. The summed E-state index contributed by atoms with van der Waals surface area (Å²) < 4.78 is 0. The van der Waals surface area contributed by atoms with Gasteiger partial charge in [-0.25, -0.2) is 0 Å². The first-order valence-corrected chi connectivity index (χ1v) is 7.89. The van der Waals surface area contributed by atoms with Gasteiger partial charge in [-0.05, 0) is 48.0 Å². The van der Waals surface area contributed by atoms with E-state index in [0.717, 1.165) is 11.3 Å². The summed E-state index contributed by atoms with van der Waals surface area (Å²) in [5, 5.41) is 2.76. The van der Waals surface area contributed by atoms with E-state index in [2.05, 4.69) is 5.32 Å². The Labute approximate surface area is 142 Å². The summed E-state index contributed by atoms with van der Waals surface area (Å²) in [7, 11) is 3.97. The van der Waals surface area contributed by atoms with E-state index in [1.165, 1.54) is 0 Å². The number of rotatable bonds is 6. The molecule has 0 fully saturated rings. The number of allylic oxidation sites excluding steroid dienone is 1. The lowest BCUT2D eigenvalue weighted by Crippen LogP contribution is -2.09. The second-order valence-electron chi connectivity index (χ2n) is 5.66. The van der Waals surface area contributed by atoms with Crippen LogP contribution in [0.5, 0.6) is 0 Å². The zero-order valence-electron chi connectivity index (χ0n) is 14.2. The quantitative estimate of drug-likeness (QED) is 0.646. The maximum absolute atomic E-state index is 12.2. The van der Waals surface area contributed by atoms with Crippen molar-refractivity contribution in [2.45, 2.75) is 13.3 Å². The van der Waals surface area contributed by atoms with Crippen LogP contribution in [0.1, 0.15) is 29.3 Å². The highest BCUT2D eigenvalue weighted by Crippen LogP contribution is 2.14. The van der Waals surface area contributed by atoms with Gasteiger partial charge in [0.25, 0.3) is 0 Å². The Morgan fingerprint density at radius 2 is 1.62 bits per heavy atom. The standard InChI is InChI=1S/C20H22N2O2/c1-4-20(24)21-17-10-8-16(9-11-17)19(23)14-7-15-5-12-18(13-6-15)22(2)3/h5-14H,4H2,1-3H3,(H,21,24)/b14-7+. The molecule has 0 aliphatic carbocycles. The number of ketones is 1. The zero-order chi connectivity index (χ0) is 17.5. The van der Waals surface area contributed by atoms with Crippen molar-refractivity contribution in [3.05, 3.63) is 65.7 Å². The molecule has 0 unspecified atom stereocenters. The van der Waals surface area contributed by atoms with Crippen LogP contribution in [-0.4, -0.2) is 25.8 Å². The number of anilines is 2. The number of nitrogens with zero attached hydrogens (tertiary/aromatic N) is 1. The molecule has 0 radical (unpaired) electrons. The van der Waals surface area contributed by atoms with Crippen LogP contribution in [0.25, 0.3) is 6.08 Å². The molecule has 0 saturated heterocycles. The molecule has 24 heavy (non-hydrogen) atoms.